The molecule has 31 heavy (non-hydrogen) atoms. The highest BCUT2D eigenvalue weighted by Gasteiger charge is 2.51. The van der Waals surface area contributed by atoms with Crippen molar-refractivity contribution in [2.24, 2.45) is 0 Å². The first-order chi connectivity index (χ1) is 14.9. The van der Waals surface area contributed by atoms with Crippen molar-refractivity contribution >= 4 is 11.9 Å². The molecule has 0 spiro atoms. The number of rotatable bonds is 9. The molecular weight excluding hydrogens is 398 g/mol. The number of β-amino-alcohol motifs (C(OH)–C–C–N with tert-alkyl or cyclic N) is 1. The van der Waals surface area contributed by atoms with Crippen LogP contribution in [0.15, 0.2) is 48.5 Å². The molecule has 0 aliphatic carbocycles. The summed E-state index contributed by atoms with van der Waals surface area (Å²) in [6.07, 6.45) is -0.387. The highest BCUT2D eigenvalue weighted by molar-refractivity contribution is 6.07. The van der Waals surface area contributed by atoms with Gasteiger partial charge in [0.2, 0.25) is 0 Å². The van der Waals surface area contributed by atoms with Crippen molar-refractivity contribution in [1.29, 1.82) is 5.26 Å². The molecule has 162 valence electrons. The smallest absolute Gasteiger partial charge is 0.325 e. The third kappa shape index (κ3) is 4.62. The van der Waals surface area contributed by atoms with E-state index in [1.54, 1.807) is 55.6 Å². The van der Waals surface area contributed by atoms with E-state index in [4.69, 9.17) is 14.7 Å². The molecule has 1 fully saturated rings. The maximum Gasteiger partial charge on any atom is 0.325 e. The summed E-state index contributed by atoms with van der Waals surface area (Å²) < 4.78 is 10.7. The molecule has 2 unspecified atom stereocenters. The number of aliphatic hydroxyl groups is 1. The Morgan fingerprint density at radius 2 is 1.77 bits per heavy atom. The maximum absolute atomic E-state index is 13.2. The van der Waals surface area contributed by atoms with Crippen molar-refractivity contribution in [3.63, 3.8) is 0 Å². The average Bonchev–Trinajstić information content (AvgIpc) is 3.04. The van der Waals surface area contributed by atoms with Crippen LogP contribution >= 0.6 is 0 Å². The molecule has 2 aromatic carbocycles. The van der Waals surface area contributed by atoms with E-state index in [9.17, 15) is 14.7 Å². The lowest BCUT2D eigenvalue weighted by molar-refractivity contribution is -0.132. The second kappa shape index (κ2) is 9.49. The number of methoxy groups -OCH3 is 1. The van der Waals surface area contributed by atoms with Crippen LogP contribution in [0.1, 0.15) is 24.5 Å². The lowest BCUT2D eigenvalue weighted by Crippen LogP contribution is -2.44. The van der Waals surface area contributed by atoms with E-state index < -0.39 is 23.6 Å². The Labute approximate surface area is 181 Å². The number of aliphatic hydroxyl groups excluding tert-OH is 1. The number of hydrogen-bond acceptors (Lipinski definition) is 6. The van der Waals surface area contributed by atoms with Crippen molar-refractivity contribution in [3.8, 4) is 17.6 Å². The quantitative estimate of drug-likeness (QED) is 0.599. The molecule has 3 amide bonds. The maximum atomic E-state index is 13.2. The lowest BCUT2D eigenvalue weighted by Gasteiger charge is -2.26. The van der Waals surface area contributed by atoms with E-state index in [1.165, 1.54) is 0 Å². The fraction of sp³-hybridized carbons (Fsp3) is 0.348. The van der Waals surface area contributed by atoms with Crippen molar-refractivity contribution < 1.29 is 24.2 Å². The number of imide groups is 1. The highest BCUT2D eigenvalue weighted by atomic mass is 16.5. The summed E-state index contributed by atoms with van der Waals surface area (Å²) in [4.78, 5) is 26.7. The van der Waals surface area contributed by atoms with E-state index >= 15 is 0 Å². The number of amides is 3. The fourth-order valence-corrected chi connectivity index (χ4v) is 3.56. The Morgan fingerprint density at radius 3 is 2.35 bits per heavy atom. The Hall–Kier alpha value is -3.57. The van der Waals surface area contributed by atoms with Gasteiger partial charge in [-0.2, -0.15) is 5.26 Å². The van der Waals surface area contributed by atoms with Gasteiger partial charge in [0, 0.05) is 0 Å². The molecule has 3 rings (SSSR count). The first kappa shape index (κ1) is 22.1. The summed E-state index contributed by atoms with van der Waals surface area (Å²) in [5.74, 6) is 0.765. The molecule has 2 atom stereocenters. The van der Waals surface area contributed by atoms with E-state index in [0.717, 1.165) is 10.5 Å². The molecule has 0 saturated carbocycles. The first-order valence-electron chi connectivity index (χ1n) is 9.99. The van der Waals surface area contributed by atoms with Gasteiger partial charge < -0.3 is 19.9 Å². The molecule has 1 saturated heterocycles. The van der Waals surface area contributed by atoms with Crippen LogP contribution < -0.4 is 14.8 Å². The summed E-state index contributed by atoms with van der Waals surface area (Å²) in [7, 11) is 1.55. The van der Waals surface area contributed by atoms with E-state index in [0.29, 0.717) is 29.9 Å². The zero-order valence-electron chi connectivity index (χ0n) is 17.5. The average molecular weight is 423 g/mol. The number of nitriles is 1. The van der Waals surface area contributed by atoms with Gasteiger partial charge >= 0.3 is 6.03 Å². The molecule has 2 aromatic rings. The van der Waals surface area contributed by atoms with Crippen molar-refractivity contribution in [2.45, 2.75) is 31.4 Å². The Morgan fingerprint density at radius 1 is 1.13 bits per heavy atom. The number of benzene rings is 2. The van der Waals surface area contributed by atoms with Crippen LogP contribution in [0.3, 0.4) is 0 Å². The molecule has 1 aliphatic heterocycles. The Balaban J connectivity index is 1.65. The van der Waals surface area contributed by atoms with Gasteiger partial charge in [0.15, 0.2) is 0 Å². The number of carbonyl (C=O) groups excluding carboxylic acids is 2. The highest BCUT2D eigenvalue weighted by Crippen LogP contribution is 2.33. The molecule has 8 nitrogen and oxygen atoms in total. The van der Waals surface area contributed by atoms with Crippen molar-refractivity contribution in [1.82, 2.24) is 10.2 Å². The molecule has 0 radical (unpaired) electrons. The molecular formula is C23H25N3O5. The van der Waals surface area contributed by atoms with Crippen LogP contribution in [0.2, 0.25) is 0 Å². The SMILES string of the molecule is CCC1(c2ccc(OC)cc2)NC(=O)N(CC(O)COc2ccc(CC#N)cc2)C1=O. The van der Waals surface area contributed by atoms with E-state index in [1.807, 2.05) is 6.92 Å². The summed E-state index contributed by atoms with van der Waals surface area (Å²) in [6.45, 7) is 1.55. The monoisotopic (exact) mass is 423 g/mol. The summed E-state index contributed by atoms with van der Waals surface area (Å²) in [5.41, 5.74) is 0.338. The number of carbonyl (C=O) groups is 2. The predicted octanol–water partition coefficient (Wildman–Crippen LogP) is 2.36. The first-order valence-corrected chi connectivity index (χ1v) is 9.99. The van der Waals surface area contributed by atoms with Crippen molar-refractivity contribution in [3.05, 3.63) is 59.7 Å². The van der Waals surface area contributed by atoms with Crippen LogP contribution in [-0.2, 0) is 16.8 Å². The van der Waals surface area contributed by atoms with Crippen LogP contribution in [0.25, 0.3) is 0 Å². The second-order valence-corrected chi connectivity index (χ2v) is 7.28. The van der Waals surface area contributed by atoms with Gasteiger partial charge in [-0.05, 0) is 41.8 Å². The predicted molar refractivity (Wildman–Crippen MR) is 112 cm³/mol. The zero-order valence-corrected chi connectivity index (χ0v) is 17.5. The molecule has 0 bridgehead atoms. The molecule has 8 heteroatoms. The minimum atomic E-state index is -1.18. The normalized spacial score (nSPS) is 19.0. The van der Waals surface area contributed by atoms with Gasteiger partial charge in [0.05, 0.1) is 26.1 Å². The number of urea groups is 1. The third-order valence-corrected chi connectivity index (χ3v) is 5.33. The Kier molecular flexibility index (Phi) is 6.78. The fourth-order valence-electron chi connectivity index (χ4n) is 3.56. The topological polar surface area (TPSA) is 112 Å². The molecule has 1 aliphatic rings. The number of nitrogens with one attached hydrogen (secondary N) is 1. The van der Waals surface area contributed by atoms with Crippen molar-refractivity contribution in [2.75, 3.05) is 20.3 Å². The molecule has 0 aromatic heterocycles. The molecule has 1 heterocycles. The number of nitrogens with zero attached hydrogens (tertiary/aromatic N) is 2. The van der Waals surface area contributed by atoms with Gasteiger partial charge in [-0.15, -0.1) is 0 Å². The summed E-state index contributed by atoms with van der Waals surface area (Å²) in [5, 5.41) is 21.9. The van der Waals surface area contributed by atoms with Crippen LogP contribution in [0.4, 0.5) is 4.79 Å². The van der Waals surface area contributed by atoms with Gasteiger partial charge in [0.25, 0.3) is 5.91 Å². The van der Waals surface area contributed by atoms with Gasteiger partial charge in [0.1, 0.15) is 29.7 Å². The lowest BCUT2D eigenvalue weighted by atomic mass is 9.87. The minimum Gasteiger partial charge on any atom is -0.497 e. The van der Waals surface area contributed by atoms with Gasteiger partial charge in [-0.25, -0.2) is 4.79 Å². The van der Waals surface area contributed by atoms with Gasteiger partial charge in [-0.1, -0.05) is 31.2 Å². The third-order valence-electron chi connectivity index (χ3n) is 5.33. The second-order valence-electron chi connectivity index (χ2n) is 7.28. The summed E-state index contributed by atoms with van der Waals surface area (Å²) >= 11 is 0. The number of ether oxygens (including phenoxy) is 2. The standard InChI is InChI=1S/C23H25N3O5/c1-3-23(17-6-10-19(30-2)11-7-17)21(28)26(22(29)25-23)14-18(27)15-31-20-8-4-16(5-9-20)12-13-24/h4-11,18,27H,3,12,14-15H2,1-2H3,(H,25,29). The van der Waals surface area contributed by atoms with Gasteiger partial charge in [-0.3, -0.25) is 9.69 Å². The van der Waals surface area contributed by atoms with Crippen LogP contribution in [0, 0.1) is 11.3 Å². The Bertz CT molecular complexity index is 968. The van der Waals surface area contributed by atoms with E-state index in [2.05, 4.69) is 11.4 Å². The number of hydrogen-bond donors (Lipinski definition) is 2. The zero-order chi connectivity index (χ0) is 22.4. The minimum absolute atomic E-state index is 0.0870. The largest absolute Gasteiger partial charge is 0.497 e. The summed E-state index contributed by atoms with van der Waals surface area (Å²) in [6, 6.07) is 15.4. The van der Waals surface area contributed by atoms with Crippen LogP contribution in [0.5, 0.6) is 11.5 Å². The van der Waals surface area contributed by atoms with E-state index in [-0.39, 0.29) is 13.2 Å². The van der Waals surface area contributed by atoms with Crippen LogP contribution in [-0.4, -0.2) is 48.3 Å². The molecule has 2 N–H and O–H groups in total.